The highest BCUT2D eigenvalue weighted by Gasteiger charge is 2.26. The van der Waals surface area contributed by atoms with Gasteiger partial charge in [-0.05, 0) is 31.5 Å². The molecule has 0 N–H and O–H groups in total. The lowest BCUT2D eigenvalue weighted by atomic mass is 10.1. The number of para-hydroxylation sites is 1. The van der Waals surface area contributed by atoms with Crippen LogP contribution in [-0.4, -0.2) is 52.0 Å². The lowest BCUT2D eigenvalue weighted by molar-refractivity contribution is 0.226. The molecule has 0 radical (unpaired) electrons. The van der Waals surface area contributed by atoms with Crippen molar-refractivity contribution in [3.05, 3.63) is 35.2 Å². The SMILES string of the molecule is CCCC(N1CCN(c2cc(-c3ccccc3OC)sc2C)CC1)[SH](=O)=O. The number of hydrogen-bond acceptors (Lipinski definition) is 6. The molecule has 2 heterocycles. The predicted molar refractivity (Wildman–Crippen MR) is 114 cm³/mol. The summed E-state index contributed by atoms with van der Waals surface area (Å²) in [5.41, 5.74) is 2.36. The molecule has 3 rings (SSSR count). The van der Waals surface area contributed by atoms with E-state index in [1.165, 1.54) is 15.4 Å². The lowest BCUT2D eigenvalue weighted by Crippen LogP contribution is -2.50. The van der Waals surface area contributed by atoms with Gasteiger partial charge in [-0.15, -0.1) is 11.3 Å². The first-order valence-corrected chi connectivity index (χ1v) is 11.5. The van der Waals surface area contributed by atoms with E-state index in [4.69, 9.17) is 4.74 Å². The highest BCUT2D eigenvalue weighted by molar-refractivity contribution is 7.73. The van der Waals surface area contributed by atoms with E-state index >= 15 is 0 Å². The molecule has 1 atom stereocenters. The minimum absolute atomic E-state index is 0.320. The van der Waals surface area contributed by atoms with Gasteiger partial charge in [0.15, 0.2) is 10.7 Å². The van der Waals surface area contributed by atoms with Crippen molar-refractivity contribution < 1.29 is 13.2 Å². The molecule has 1 aromatic heterocycles. The Morgan fingerprint density at radius 2 is 1.89 bits per heavy atom. The van der Waals surface area contributed by atoms with Gasteiger partial charge in [-0.1, -0.05) is 25.5 Å². The number of anilines is 1. The first-order chi connectivity index (χ1) is 13.0. The second-order valence-corrected chi connectivity index (χ2v) is 9.25. The molecule has 0 saturated carbocycles. The summed E-state index contributed by atoms with van der Waals surface area (Å²) in [6.45, 7) is 7.47. The Morgan fingerprint density at radius 3 is 2.52 bits per heavy atom. The highest BCUT2D eigenvalue weighted by atomic mass is 32.2. The number of thiophene rings is 1. The van der Waals surface area contributed by atoms with Gasteiger partial charge in [0.2, 0.25) is 0 Å². The molecule has 148 valence electrons. The van der Waals surface area contributed by atoms with Gasteiger partial charge in [-0.25, -0.2) is 8.42 Å². The quantitative estimate of drug-likeness (QED) is 0.710. The third-order valence-corrected chi connectivity index (χ3v) is 7.28. The minimum atomic E-state index is -2.40. The van der Waals surface area contributed by atoms with Gasteiger partial charge in [0, 0.05) is 41.5 Å². The third-order valence-electron chi connectivity index (χ3n) is 5.13. The van der Waals surface area contributed by atoms with Gasteiger partial charge in [0.05, 0.1) is 12.8 Å². The third kappa shape index (κ3) is 4.47. The molecule has 0 amide bonds. The zero-order chi connectivity index (χ0) is 19.4. The molecule has 27 heavy (non-hydrogen) atoms. The van der Waals surface area contributed by atoms with Gasteiger partial charge >= 0.3 is 0 Å². The van der Waals surface area contributed by atoms with E-state index in [2.05, 4.69) is 28.9 Å². The zero-order valence-electron chi connectivity index (χ0n) is 16.2. The van der Waals surface area contributed by atoms with Gasteiger partial charge in [-0.3, -0.25) is 4.90 Å². The largest absolute Gasteiger partial charge is 0.496 e. The standard InChI is InChI=1S/C20H28N2O3S2/c1-4-7-20(27(23)24)22-12-10-21(11-13-22)17-14-19(26-15(17)2)16-8-5-6-9-18(16)25-3/h5-6,8-9,14,20,27H,4,7,10-13H2,1-3H3. The Labute approximate surface area is 167 Å². The Balaban J connectivity index is 1.75. The van der Waals surface area contributed by atoms with Crippen LogP contribution in [0.25, 0.3) is 10.4 Å². The number of nitrogens with zero attached hydrogens (tertiary/aromatic N) is 2. The average molecular weight is 409 g/mol. The molecule has 1 saturated heterocycles. The van der Waals surface area contributed by atoms with Crippen molar-refractivity contribution in [2.24, 2.45) is 0 Å². The molecule has 7 heteroatoms. The summed E-state index contributed by atoms with van der Waals surface area (Å²) in [5.74, 6) is 0.886. The monoisotopic (exact) mass is 408 g/mol. The molecule has 1 aliphatic rings. The van der Waals surface area contributed by atoms with E-state index in [1.54, 1.807) is 18.4 Å². The second-order valence-electron chi connectivity index (χ2n) is 6.83. The van der Waals surface area contributed by atoms with E-state index < -0.39 is 10.7 Å². The van der Waals surface area contributed by atoms with Crippen LogP contribution >= 0.6 is 11.3 Å². The van der Waals surface area contributed by atoms with Crippen molar-refractivity contribution >= 4 is 27.7 Å². The summed E-state index contributed by atoms with van der Waals surface area (Å²) in [4.78, 5) is 6.98. The molecule has 0 aliphatic carbocycles. The molecular weight excluding hydrogens is 380 g/mol. The van der Waals surface area contributed by atoms with Crippen molar-refractivity contribution in [1.82, 2.24) is 4.90 Å². The number of rotatable bonds is 7. The summed E-state index contributed by atoms with van der Waals surface area (Å²) in [6, 6.07) is 10.3. The maximum atomic E-state index is 11.6. The van der Waals surface area contributed by atoms with Crippen molar-refractivity contribution in [2.45, 2.75) is 32.1 Å². The Hall–Kier alpha value is -1.57. The fraction of sp³-hybridized carbons (Fsp3) is 0.500. The van der Waals surface area contributed by atoms with E-state index in [0.717, 1.165) is 43.9 Å². The van der Waals surface area contributed by atoms with Crippen molar-refractivity contribution in [1.29, 1.82) is 0 Å². The number of piperazine rings is 1. The zero-order valence-corrected chi connectivity index (χ0v) is 17.9. The fourth-order valence-electron chi connectivity index (χ4n) is 3.71. The van der Waals surface area contributed by atoms with Crippen LogP contribution in [0.1, 0.15) is 24.6 Å². The molecule has 1 aromatic carbocycles. The summed E-state index contributed by atoms with van der Waals surface area (Å²) in [6.07, 6.45) is 1.61. The topological polar surface area (TPSA) is 49.9 Å². The van der Waals surface area contributed by atoms with E-state index in [1.807, 2.05) is 25.1 Å². The van der Waals surface area contributed by atoms with Crippen LogP contribution in [0.2, 0.25) is 0 Å². The smallest absolute Gasteiger partial charge is 0.156 e. The highest BCUT2D eigenvalue weighted by Crippen LogP contribution is 2.40. The Kier molecular flexibility index (Phi) is 6.78. The van der Waals surface area contributed by atoms with Crippen molar-refractivity contribution in [2.75, 3.05) is 38.2 Å². The van der Waals surface area contributed by atoms with E-state index in [9.17, 15) is 8.42 Å². The molecule has 0 spiro atoms. The van der Waals surface area contributed by atoms with Gasteiger partial charge in [0.25, 0.3) is 0 Å². The summed E-state index contributed by atoms with van der Waals surface area (Å²) >= 11 is 1.78. The van der Waals surface area contributed by atoms with Crippen molar-refractivity contribution in [3.63, 3.8) is 0 Å². The normalized spacial score (nSPS) is 16.7. The summed E-state index contributed by atoms with van der Waals surface area (Å²) in [5, 5.41) is -0.320. The number of methoxy groups -OCH3 is 1. The molecular formula is C20H28N2O3S2. The summed E-state index contributed by atoms with van der Waals surface area (Å²) in [7, 11) is -0.702. The Morgan fingerprint density at radius 1 is 1.19 bits per heavy atom. The molecule has 1 unspecified atom stereocenters. The lowest BCUT2D eigenvalue weighted by Gasteiger charge is -2.38. The minimum Gasteiger partial charge on any atom is -0.496 e. The van der Waals surface area contributed by atoms with Crippen LogP contribution in [-0.2, 0) is 10.7 Å². The number of hydrogen-bond donors (Lipinski definition) is 1. The van der Waals surface area contributed by atoms with Crippen LogP contribution in [0.15, 0.2) is 30.3 Å². The van der Waals surface area contributed by atoms with Crippen LogP contribution in [0.5, 0.6) is 5.75 Å². The maximum absolute atomic E-state index is 11.6. The first-order valence-electron chi connectivity index (χ1n) is 9.41. The van der Waals surface area contributed by atoms with Crippen molar-refractivity contribution in [3.8, 4) is 16.2 Å². The first kappa shape index (κ1) is 20.2. The number of aryl methyl sites for hydroxylation is 1. The predicted octanol–water partition coefficient (Wildman–Crippen LogP) is 3.59. The molecule has 0 bridgehead atoms. The summed E-state index contributed by atoms with van der Waals surface area (Å²) < 4.78 is 28.7. The van der Waals surface area contributed by atoms with Gasteiger partial charge in [0.1, 0.15) is 11.1 Å². The molecule has 5 nitrogen and oxygen atoms in total. The van der Waals surface area contributed by atoms with Crippen LogP contribution < -0.4 is 9.64 Å². The average Bonchev–Trinajstić information content (AvgIpc) is 3.07. The molecule has 1 fully saturated rings. The Bertz CT molecular complexity index is 832. The van der Waals surface area contributed by atoms with Gasteiger partial charge < -0.3 is 9.64 Å². The van der Waals surface area contributed by atoms with Crippen LogP contribution in [0.3, 0.4) is 0 Å². The maximum Gasteiger partial charge on any atom is 0.156 e. The molecule has 2 aromatic rings. The van der Waals surface area contributed by atoms with Crippen LogP contribution in [0.4, 0.5) is 5.69 Å². The number of ether oxygens (including phenoxy) is 1. The number of thiol groups is 1. The molecule has 1 aliphatic heterocycles. The second kappa shape index (κ2) is 9.08. The number of benzene rings is 1. The van der Waals surface area contributed by atoms with E-state index in [0.29, 0.717) is 6.42 Å². The fourth-order valence-corrected chi connectivity index (χ4v) is 5.75. The van der Waals surface area contributed by atoms with Gasteiger partial charge in [-0.2, -0.15) is 0 Å². The van der Waals surface area contributed by atoms with E-state index in [-0.39, 0.29) is 5.37 Å². The van der Waals surface area contributed by atoms with Crippen LogP contribution in [0, 0.1) is 6.92 Å².